The van der Waals surface area contributed by atoms with E-state index in [9.17, 15) is 14.4 Å². The number of hydrogen-bond donors (Lipinski definition) is 2. The third kappa shape index (κ3) is 2.23. The summed E-state index contributed by atoms with van der Waals surface area (Å²) < 4.78 is 2.86. The molecule has 3 aromatic rings. The molecule has 0 aliphatic carbocycles. The third-order valence-corrected chi connectivity index (χ3v) is 3.76. The second-order valence-corrected chi connectivity index (χ2v) is 5.21. The number of fused-ring (bicyclic) bond motifs is 1. The largest absolute Gasteiger partial charge is 0.329 e. The summed E-state index contributed by atoms with van der Waals surface area (Å²) in [6, 6.07) is 8.73. The molecule has 0 bridgehead atoms. The van der Waals surface area contributed by atoms with Crippen LogP contribution in [0.15, 0.2) is 39.9 Å². The normalized spacial score (nSPS) is 11.0. The van der Waals surface area contributed by atoms with Gasteiger partial charge in [0.05, 0.1) is 6.54 Å². The predicted molar refractivity (Wildman–Crippen MR) is 83.8 cm³/mol. The molecule has 0 saturated carbocycles. The monoisotopic (exact) mass is 316 g/mol. The number of carbonyl (C=O) groups excluding carboxylic acids is 1. The zero-order valence-electron chi connectivity index (χ0n) is 11.6. The predicted octanol–water partition coefficient (Wildman–Crippen LogP) is 0.969. The lowest BCUT2D eigenvalue weighted by Crippen LogP contribution is -2.29. The van der Waals surface area contributed by atoms with Gasteiger partial charge in [-0.25, -0.2) is 4.79 Å². The van der Waals surface area contributed by atoms with E-state index in [2.05, 4.69) is 9.97 Å². The van der Waals surface area contributed by atoms with Crippen LogP contribution in [0.25, 0.3) is 11.2 Å². The van der Waals surface area contributed by atoms with Crippen LogP contribution in [0.2, 0.25) is 0 Å². The number of hydrogen-bond acceptors (Lipinski definition) is 4. The van der Waals surface area contributed by atoms with Crippen molar-refractivity contribution in [1.29, 1.82) is 0 Å². The van der Waals surface area contributed by atoms with Gasteiger partial charge in [0.1, 0.15) is 5.65 Å². The second kappa shape index (κ2) is 5.23. The lowest BCUT2D eigenvalue weighted by atomic mass is 10.1. The highest BCUT2D eigenvalue weighted by Crippen LogP contribution is 2.09. The molecule has 0 atom stereocenters. The molecule has 8 heteroatoms. The first kappa shape index (κ1) is 14.2. The molecule has 2 aromatic heterocycles. The van der Waals surface area contributed by atoms with Crippen molar-refractivity contribution in [2.45, 2.75) is 6.54 Å². The third-order valence-electron chi connectivity index (χ3n) is 3.44. The average molecular weight is 316 g/mol. The van der Waals surface area contributed by atoms with Crippen molar-refractivity contribution in [3.8, 4) is 0 Å². The zero-order valence-corrected chi connectivity index (χ0v) is 12.4. The molecule has 22 heavy (non-hydrogen) atoms. The molecular weight excluding hydrogens is 304 g/mol. The summed E-state index contributed by atoms with van der Waals surface area (Å²) in [5.74, 6) is -0.175. The molecule has 0 aliphatic heterocycles. The van der Waals surface area contributed by atoms with Crippen molar-refractivity contribution in [2.75, 3.05) is 0 Å². The first-order chi connectivity index (χ1) is 10.5. The van der Waals surface area contributed by atoms with Crippen LogP contribution in [-0.4, -0.2) is 24.9 Å². The lowest BCUT2D eigenvalue weighted by molar-refractivity contribution is 0.0973. The van der Waals surface area contributed by atoms with Crippen LogP contribution < -0.4 is 11.2 Å². The van der Waals surface area contributed by atoms with Gasteiger partial charge in [-0.15, -0.1) is 0 Å². The van der Waals surface area contributed by atoms with Gasteiger partial charge in [0, 0.05) is 12.6 Å². The van der Waals surface area contributed by atoms with E-state index in [1.165, 1.54) is 16.2 Å². The van der Waals surface area contributed by atoms with Gasteiger partial charge < -0.3 is 9.55 Å². The van der Waals surface area contributed by atoms with E-state index in [4.69, 9.17) is 12.2 Å². The Morgan fingerprint density at radius 2 is 1.86 bits per heavy atom. The number of aromatic amines is 2. The Balaban J connectivity index is 2.17. The number of H-pyrrole nitrogens is 2. The van der Waals surface area contributed by atoms with E-state index in [-0.39, 0.29) is 22.6 Å². The highest BCUT2D eigenvalue weighted by Gasteiger charge is 2.15. The summed E-state index contributed by atoms with van der Waals surface area (Å²) in [4.78, 5) is 40.9. The second-order valence-electron chi connectivity index (χ2n) is 4.82. The highest BCUT2D eigenvalue weighted by atomic mass is 32.1. The van der Waals surface area contributed by atoms with Crippen LogP contribution in [0.4, 0.5) is 0 Å². The number of carbonyl (C=O) groups is 1. The lowest BCUT2D eigenvalue weighted by Gasteiger charge is -2.04. The van der Waals surface area contributed by atoms with Crippen molar-refractivity contribution >= 4 is 29.2 Å². The SMILES string of the molecule is Cn1c(=O)[nH]c(=O)c2c1[nH]c(=S)n2CC(=O)c1ccccc1. The first-order valence-corrected chi connectivity index (χ1v) is 6.90. The molecule has 0 unspecified atom stereocenters. The quantitative estimate of drug-likeness (QED) is 0.556. The number of nitrogens with zero attached hydrogens (tertiary/aromatic N) is 2. The summed E-state index contributed by atoms with van der Waals surface area (Å²) in [5.41, 5.74) is -0.127. The molecule has 2 N–H and O–H groups in total. The first-order valence-electron chi connectivity index (χ1n) is 6.49. The Kier molecular flexibility index (Phi) is 3.38. The molecule has 0 radical (unpaired) electrons. The van der Waals surface area contributed by atoms with Crippen molar-refractivity contribution in [3.63, 3.8) is 0 Å². The van der Waals surface area contributed by atoms with E-state index >= 15 is 0 Å². The molecule has 3 rings (SSSR count). The molecule has 0 amide bonds. The minimum absolute atomic E-state index is 0.0792. The van der Waals surface area contributed by atoms with E-state index in [0.717, 1.165) is 0 Å². The summed E-state index contributed by atoms with van der Waals surface area (Å²) in [6.45, 7) is -0.0792. The fourth-order valence-corrected chi connectivity index (χ4v) is 2.53. The van der Waals surface area contributed by atoms with E-state index < -0.39 is 11.2 Å². The Morgan fingerprint density at radius 3 is 2.55 bits per heavy atom. The molecular formula is C14H12N4O3S. The number of nitrogens with one attached hydrogen (secondary N) is 2. The van der Waals surface area contributed by atoms with Crippen molar-refractivity contribution in [3.05, 3.63) is 61.5 Å². The van der Waals surface area contributed by atoms with E-state index in [0.29, 0.717) is 11.2 Å². The van der Waals surface area contributed by atoms with E-state index in [1.54, 1.807) is 24.3 Å². The highest BCUT2D eigenvalue weighted by molar-refractivity contribution is 7.71. The fraction of sp³-hybridized carbons (Fsp3) is 0.143. The summed E-state index contributed by atoms with van der Waals surface area (Å²) in [7, 11) is 1.51. The smallest absolute Gasteiger partial charge is 0.316 e. The van der Waals surface area contributed by atoms with Crippen molar-refractivity contribution in [1.82, 2.24) is 19.1 Å². The van der Waals surface area contributed by atoms with Gasteiger partial charge in [0.15, 0.2) is 16.1 Å². The summed E-state index contributed by atoms with van der Waals surface area (Å²) in [5, 5.41) is 0. The maximum absolute atomic E-state index is 12.3. The van der Waals surface area contributed by atoms with Gasteiger partial charge in [-0.3, -0.25) is 19.1 Å². The van der Waals surface area contributed by atoms with Crippen molar-refractivity contribution < 1.29 is 4.79 Å². The average Bonchev–Trinajstić information content (AvgIpc) is 2.83. The Hall–Kier alpha value is -2.74. The Bertz CT molecular complexity index is 1040. The standard InChI is InChI=1S/C14H12N4O3S/c1-17-11-10(12(20)16-13(17)21)18(14(22)15-11)7-9(19)8-5-3-2-4-6-8/h2-6H,7H2,1H3,(H,15,22)(H,16,20,21). The molecule has 2 heterocycles. The molecule has 0 aliphatic rings. The van der Waals surface area contributed by atoms with Crippen LogP contribution in [0.1, 0.15) is 10.4 Å². The van der Waals surface area contributed by atoms with Crippen LogP contribution in [-0.2, 0) is 13.6 Å². The van der Waals surface area contributed by atoms with Gasteiger partial charge in [0.2, 0.25) is 0 Å². The minimum Gasteiger partial charge on any atom is -0.316 e. The number of aromatic nitrogens is 4. The topological polar surface area (TPSA) is 92.7 Å². The van der Waals surface area contributed by atoms with Crippen LogP contribution in [0.5, 0.6) is 0 Å². The van der Waals surface area contributed by atoms with E-state index in [1.807, 2.05) is 6.07 Å². The number of Topliss-reactive ketones (excluding diaryl/α,β-unsaturated/α-hetero) is 1. The number of rotatable bonds is 3. The van der Waals surface area contributed by atoms with Gasteiger partial charge in [-0.05, 0) is 12.2 Å². The zero-order chi connectivity index (χ0) is 15.9. The minimum atomic E-state index is -0.577. The fourth-order valence-electron chi connectivity index (χ4n) is 2.28. The Morgan fingerprint density at radius 1 is 1.18 bits per heavy atom. The van der Waals surface area contributed by atoms with Gasteiger partial charge in [-0.1, -0.05) is 30.3 Å². The molecule has 0 saturated heterocycles. The molecule has 0 spiro atoms. The van der Waals surface area contributed by atoms with Gasteiger partial charge in [-0.2, -0.15) is 0 Å². The summed E-state index contributed by atoms with van der Waals surface area (Å²) >= 11 is 5.17. The number of ketones is 1. The van der Waals surface area contributed by atoms with Crippen LogP contribution in [0, 0.1) is 4.77 Å². The van der Waals surface area contributed by atoms with Gasteiger partial charge in [0.25, 0.3) is 5.56 Å². The molecule has 7 nitrogen and oxygen atoms in total. The maximum Gasteiger partial charge on any atom is 0.329 e. The van der Waals surface area contributed by atoms with Crippen LogP contribution >= 0.6 is 12.2 Å². The number of benzene rings is 1. The Labute approximate surface area is 128 Å². The van der Waals surface area contributed by atoms with Gasteiger partial charge >= 0.3 is 5.69 Å². The summed E-state index contributed by atoms with van der Waals surface area (Å²) in [6.07, 6.45) is 0. The van der Waals surface area contributed by atoms with Crippen LogP contribution in [0.3, 0.4) is 0 Å². The number of imidazole rings is 1. The molecule has 112 valence electrons. The molecule has 1 aromatic carbocycles. The van der Waals surface area contributed by atoms with Crippen molar-refractivity contribution in [2.24, 2.45) is 7.05 Å². The maximum atomic E-state index is 12.3. The molecule has 0 fully saturated rings. The number of aryl methyl sites for hydroxylation is 1.